The summed E-state index contributed by atoms with van der Waals surface area (Å²) in [5.41, 5.74) is 2.30. The van der Waals surface area contributed by atoms with Crippen LogP contribution < -0.4 is 0 Å². The van der Waals surface area contributed by atoms with Gasteiger partial charge in [-0.2, -0.15) is 0 Å². The Morgan fingerprint density at radius 1 is 1.12 bits per heavy atom. The summed E-state index contributed by atoms with van der Waals surface area (Å²) in [7, 11) is 0. The highest BCUT2D eigenvalue weighted by molar-refractivity contribution is 5.94. The number of ketones is 1. The third-order valence-corrected chi connectivity index (χ3v) is 4.48. The molecule has 0 heterocycles. The Balaban J connectivity index is 1.82. The topological polar surface area (TPSA) is 17.1 Å². The van der Waals surface area contributed by atoms with Gasteiger partial charge < -0.3 is 0 Å². The molecule has 0 saturated heterocycles. The van der Waals surface area contributed by atoms with Crippen LogP contribution in [0.3, 0.4) is 0 Å². The fraction of sp³-hybridized carbons (Fsp3) is 0.533. The minimum Gasteiger partial charge on any atom is -0.295 e. The molecule has 3 rings (SSSR count). The molecule has 3 unspecified atom stereocenters. The lowest BCUT2D eigenvalue weighted by atomic mass is 9.83. The molecule has 1 heteroatoms. The number of fused-ring (bicyclic) bond motifs is 2. The largest absolute Gasteiger partial charge is 0.295 e. The first-order valence-electron chi connectivity index (χ1n) is 6.35. The van der Waals surface area contributed by atoms with E-state index in [-0.39, 0.29) is 5.78 Å². The SMILES string of the molecule is CC(=O)c1ccc(C2CC3CCC2C3)cc1. The molecule has 1 aromatic carbocycles. The van der Waals surface area contributed by atoms with Crippen LogP contribution in [0.2, 0.25) is 0 Å². The van der Waals surface area contributed by atoms with E-state index in [4.69, 9.17) is 0 Å². The molecule has 2 bridgehead atoms. The van der Waals surface area contributed by atoms with E-state index in [1.807, 2.05) is 12.1 Å². The predicted octanol–water partition coefficient (Wildman–Crippen LogP) is 3.79. The van der Waals surface area contributed by atoms with Crippen molar-refractivity contribution >= 4 is 5.78 Å². The molecule has 1 nitrogen and oxygen atoms in total. The minimum atomic E-state index is 0.166. The van der Waals surface area contributed by atoms with Crippen LogP contribution in [-0.4, -0.2) is 5.78 Å². The maximum absolute atomic E-state index is 11.2. The van der Waals surface area contributed by atoms with Crippen molar-refractivity contribution < 1.29 is 4.79 Å². The van der Waals surface area contributed by atoms with Crippen molar-refractivity contribution in [2.24, 2.45) is 11.8 Å². The normalized spacial score (nSPS) is 31.9. The van der Waals surface area contributed by atoms with Crippen molar-refractivity contribution in [1.82, 2.24) is 0 Å². The van der Waals surface area contributed by atoms with E-state index >= 15 is 0 Å². The van der Waals surface area contributed by atoms with E-state index in [2.05, 4.69) is 12.1 Å². The summed E-state index contributed by atoms with van der Waals surface area (Å²) in [6.07, 6.45) is 5.69. The van der Waals surface area contributed by atoms with Crippen molar-refractivity contribution in [3.8, 4) is 0 Å². The molecule has 0 N–H and O–H groups in total. The first-order valence-corrected chi connectivity index (χ1v) is 6.35. The van der Waals surface area contributed by atoms with E-state index in [1.165, 1.54) is 31.2 Å². The average Bonchev–Trinajstić information content (AvgIpc) is 2.91. The van der Waals surface area contributed by atoms with E-state index in [1.54, 1.807) is 6.92 Å². The number of carbonyl (C=O) groups is 1. The first kappa shape index (κ1) is 10.1. The highest BCUT2D eigenvalue weighted by Gasteiger charge is 2.39. The zero-order valence-electron chi connectivity index (χ0n) is 9.78. The molecule has 2 aliphatic carbocycles. The second-order valence-electron chi connectivity index (χ2n) is 5.46. The zero-order valence-corrected chi connectivity index (χ0v) is 9.78. The van der Waals surface area contributed by atoms with Gasteiger partial charge in [0, 0.05) is 5.56 Å². The maximum Gasteiger partial charge on any atom is 0.159 e. The van der Waals surface area contributed by atoms with Gasteiger partial charge in [0.1, 0.15) is 0 Å². The molecule has 0 amide bonds. The van der Waals surface area contributed by atoms with Crippen LogP contribution in [0.4, 0.5) is 0 Å². The molecular formula is C15H18O. The third kappa shape index (κ3) is 1.59. The highest BCUT2D eigenvalue weighted by atomic mass is 16.1. The molecule has 2 saturated carbocycles. The summed E-state index contributed by atoms with van der Waals surface area (Å²) in [5.74, 6) is 2.86. The second kappa shape index (κ2) is 3.73. The first-order chi connectivity index (χ1) is 7.74. The lowest BCUT2D eigenvalue weighted by Gasteiger charge is -2.22. The number of carbonyl (C=O) groups excluding carboxylic acids is 1. The highest BCUT2D eigenvalue weighted by Crippen LogP contribution is 2.52. The van der Waals surface area contributed by atoms with E-state index in [9.17, 15) is 4.79 Å². The van der Waals surface area contributed by atoms with Crippen molar-refractivity contribution in [1.29, 1.82) is 0 Å². The Morgan fingerprint density at radius 2 is 1.88 bits per heavy atom. The average molecular weight is 214 g/mol. The summed E-state index contributed by atoms with van der Waals surface area (Å²) in [5, 5.41) is 0. The Kier molecular flexibility index (Phi) is 2.34. The summed E-state index contributed by atoms with van der Waals surface area (Å²) < 4.78 is 0. The molecule has 2 fully saturated rings. The van der Waals surface area contributed by atoms with E-state index in [0.717, 1.165) is 23.3 Å². The molecule has 3 atom stereocenters. The fourth-order valence-electron chi connectivity index (χ4n) is 3.62. The van der Waals surface area contributed by atoms with Crippen molar-refractivity contribution in [3.63, 3.8) is 0 Å². The quantitative estimate of drug-likeness (QED) is 0.684. The molecule has 1 aromatic rings. The molecule has 84 valence electrons. The second-order valence-corrected chi connectivity index (χ2v) is 5.46. The van der Waals surface area contributed by atoms with Crippen LogP contribution in [0.1, 0.15) is 54.4 Å². The van der Waals surface area contributed by atoms with Gasteiger partial charge in [-0.1, -0.05) is 30.7 Å². The fourth-order valence-corrected chi connectivity index (χ4v) is 3.62. The van der Waals surface area contributed by atoms with Gasteiger partial charge in [-0.3, -0.25) is 4.79 Å². The summed E-state index contributed by atoms with van der Waals surface area (Å²) in [6.45, 7) is 1.63. The van der Waals surface area contributed by atoms with Gasteiger partial charge in [-0.25, -0.2) is 0 Å². The smallest absolute Gasteiger partial charge is 0.159 e. The Hall–Kier alpha value is -1.11. The van der Waals surface area contributed by atoms with Crippen molar-refractivity contribution in [2.45, 2.75) is 38.5 Å². The van der Waals surface area contributed by atoms with Crippen LogP contribution in [0.25, 0.3) is 0 Å². The standard InChI is InChI=1S/C15H18O/c1-10(16)12-4-6-13(7-5-12)15-9-11-2-3-14(15)8-11/h4-7,11,14-15H,2-3,8-9H2,1H3. The summed E-state index contributed by atoms with van der Waals surface area (Å²) in [6, 6.07) is 8.32. The zero-order chi connectivity index (χ0) is 11.1. The monoisotopic (exact) mass is 214 g/mol. The van der Waals surface area contributed by atoms with Gasteiger partial charge in [-0.15, -0.1) is 0 Å². The molecule has 16 heavy (non-hydrogen) atoms. The van der Waals surface area contributed by atoms with E-state index in [0.29, 0.717) is 0 Å². The van der Waals surface area contributed by atoms with Crippen LogP contribution in [0.5, 0.6) is 0 Å². The Bertz CT molecular complexity index is 404. The van der Waals surface area contributed by atoms with Crippen molar-refractivity contribution in [3.05, 3.63) is 35.4 Å². The van der Waals surface area contributed by atoms with Crippen LogP contribution in [0.15, 0.2) is 24.3 Å². The molecular weight excluding hydrogens is 196 g/mol. The predicted molar refractivity (Wildman–Crippen MR) is 64.6 cm³/mol. The molecule has 0 aliphatic heterocycles. The Morgan fingerprint density at radius 3 is 2.38 bits per heavy atom. The number of Topliss-reactive ketones (excluding diaryl/α,β-unsaturated/α-hetero) is 1. The summed E-state index contributed by atoms with van der Waals surface area (Å²) in [4.78, 5) is 11.2. The van der Waals surface area contributed by atoms with Gasteiger partial charge in [0.15, 0.2) is 5.78 Å². The number of hydrogen-bond acceptors (Lipinski definition) is 1. The van der Waals surface area contributed by atoms with Crippen LogP contribution in [0, 0.1) is 11.8 Å². The lowest BCUT2D eigenvalue weighted by Crippen LogP contribution is -2.08. The van der Waals surface area contributed by atoms with Gasteiger partial charge in [0.25, 0.3) is 0 Å². The number of hydrogen-bond donors (Lipinski definition) is 0. The number of rotatable bonds is 2. The van der Waals surface area contributed by atoms with Gasteiger partial charge in [0.2, 0.25) is 0 Å². The summed E-state index contributed by atoms with van der Waals surface area (Å²) >= 11 is 0. The van der Waals surface area contributed by atoms with Crippen molar-refractivity contribution in [2.75, 3.05) is 0 Å². The van der Waals surface area contributed by atoms with Crippen LogP contribution >= 0.6 is 0 Å². The molecule has 0 radical (unpaired) electrons. The Labute approximate surface area is 96.9 Å². The third-order valence-electron chi connectivity index (χ3n) is 4.48. The molecule has 2 aliphatic rings. The van der Waals surface area contributed by atoms with E-state index < -0.39 is 0 Å². The minimum absolute atomic E-state index is 0.166. The molecule has 0 spiro atoms. The van der Waals surface area contributed by atoms with Gasteiger partial charge in [0.05, 0.1) is 0 Å². The van der Waals surface area contributed by atoms with Crippen LogP contribution in [-0.2, 0) is 0 Å². The maximum atomic E-state index is 11.2. The van der Waals surface area contributed by atoms with Gasteiger partial charge >= 0.3 is 0 Å². The van der Waals surface area contributed by atoms with Gasteiger partial charge in [-0.05, 0) is 49.5 Å². The lowest BCUT2D eigenvalue weighted by molar-refractivity contribution is 0.101. The number of benzene rings is 1. The molecule has 0 aromatic heterocycles.